The second kappa shape index (κ2) is 11.0. The highest BCUT2D eigenvalue weighted by atomic mass is 35.5. The van der Waals surface area contributed by atoms with Crippen LogP contribution in [0.5, 0.6) is 0 Å². The predicted molar refractivity (Wildman–Crippen MR) is 154 cm³/mol. The van der Waals surface area contributed by atoms with Gasteiger partial charge in [-0.1, -0.05) is 60.1 Å². The molecule has 2 unspecified atom stereocenters. The van der Waals surface area contributed by atoms with E-state index in [0.717, 1.165) is 39.6 Å². The molecule has 2 heterocycles. The summed E-state index contributed by atoms with van der Waals surface area (Å²) < 4.78 is 0. The molecule has 4 N–H and O–H groups in total. The number of rotatable bonds is 4. The van der Waals surface area contributed by atoms with Crippen LogP contribution >= 0.6 is 23.2 Å². The van der Waals surface area contributed by atoms with E-state index in [4.69, 9.17) is 23.2 Å². The van der Waals surface area contributed by atoms with Gasteiger partial charge in [0.15, 0.2) is 0 Å². The number of aliphatic hydroxyl groups is 1. The first-order chi connectivity index (χ1) is 18.2. The number of hydrogen-bond acceptors (Lipinski definition) is 4. The Morgan fingerprint density at radius 3 is 2.47 bits per heavy atom. The lowest BCUT2D eigenvalue weighted by Crippen LogP contribution is -2.49. The Balaban J connectivity index is 0.00000164. The molecule has 8 heteroatoms. The quantitative estimate of drug-likeness (QED) is 0.198. The minimum atomic E-state index is -0.757. The molecule has 38 heavy (non-hydrogen) atoms. The van der Waals surface area contributed by atoms with Crippen LogP contribution in [0.1, 0.15) is 49.9 Å². The summed E-state index contributed by atoms with van der Waals surface area (Å²) in [6, 6.07) is 15.2. The molecular formula is C30H29Cl2N3O3. The smallest absolute Gasteiger partial charge is 0.256 e. The van der Waals surface area contributed by atoms with Crippen molar-refractivity contribution in [3.8, 4) is 0 Å². The predicted octanol–water partition coefficient (Wildman–Crippen LogP) is 6.55. The summed E-state index contributed by atoms with van der Waals surface area (Å²) in [5.41, 5.74) is 10.0. The minimum Gasteiger partial charge on any atom is -0.508 e. The Kier molecular flexibility index (Phi) is 7.97. The number of fused-ring (bicyclic) bond motifs is 3. The fourth-order valence-corrected chi connectivity index (χ4v) is 5.50. The van der Waals surface area contributed by atoms with Crippen LogP contribution in [-0.4, -0.2) is 40.3 Å². The number of nitrogens with zero attached hydrogens (tertiary/aromatic N) is 1. The van der Waals surface area contributed by atoms with E-state index in [1.807, 2.05) is 43.3 Å². The maximum Gasteiger partial charge on any atom is 0.256 e. The number of nitrogens with two attached hydrogens (primary N) is 1. The van der Waals surface area contributed by atoms with Gasteiger partial charge in [-0.25, -0.2) is 0 Å². The molecule has 0 saturated heterocycles. The van der Waals surface area contributed by atoms with Crippen molar-refractivity contribution in [3.63, 3.8) is 0 Å². The number of hydrogen-bond donors (Lipinski definition) is 3. The average molecular weight is 550 g/mol. The Morgan fingerprint density at radius 1 is 1.08 bits per heavy atom. The molecule has 0 fully saturated rings. The highest BCUT2D eigenvalue weighted by Gasteiger charge is 2.42. The Bertz CT molecular complexity index is 1560. The second-order valence-electron chi connectivity index (χ2n) is 9.13. The summed E-state index contributed by atoms with van der Waals surface area (Å²) >= 11 is 12.9. The number of aryl methyl sites for hydroxylation is 1. The van der Waals surface area contributed by atoms with Crippen molar-refractivity contribution in [2.75, 3.05) is 7.05 Å². The number of aliphatic hydroxyl groups excluding tert-OH is 1. The van der Waals surface area contributed by atoms with E-state index in [-0.39, 0.29) is 16.9 Å². The summed E-state index contributed by atoms with van der Waals surface area (Å²) in [6.07, 6.45) is 1.15. The standard InChI is InChI=1S/C29H24Cl2N2O3.CH5N/c1-15-11-21(17(3)35)23(13-25(15)31)29(36)33-18(14-34)12-22-20-7-4-5-10-26(20)32-27(22)28(33)19-8-6-9-24(30)16(19)2;1-2/h4-11,13-14,18,28,32,35H,3,12H2,1-2H3;2H2,1H3. The van der Waals surface area contributed by atoms with Gasteiger partial charge in [-0.3, -0.25) is 4.79 Å². The largest absolute Gasteiger partial charge is 0.508 e. The summed E-state index contributed by atoms with van der Waals surface area (Å²) in [5.74, 6) is -0.688. The van der Waals surface area contributed by atoms with Gasteiger partial charge in [0, 0.05) is 38.6 Å². The van der Waals surface area contributed by atoms with Crippen molar-refractivity contribution in [1.29, 1.82) is 0 Å². The van der Waals surface area contributed by atoms with Crippen LogP contribution in [0.4, 0.5) is 0 Å². The highest BCUT2D eigenvalue weighted by molar-refractivity contribution is 6.32. The van der Waals surface area contributed by atoms with Gasteiger partial charge in [-0.2, -0.15) is 0 Å². The Morgan fingerprint density at radius 2 is 1.79 bits per heavy atom. The van der Waals surface area contributed by atoms with Crippen molar-refractivity contribution in [2.24, 2.45) is 5.73 Å². The molecular weight excluding hydrogens is 521 g/mol. The molecule has 6 nitrogen and oxygen atoms in total. The molecule has 1 aliphatic heterocycles. The SMILES string of the molecule is C=C(O)c1cc(C)c(Cl)cc1C(=O)N1C(C=O)Cc2c([nH]c3ccccc23)C1c1cccc(Cl)c1C.CN. The van der Waals surface area contributed by atoms with Crippen molar-refractivity contribution in [1.82, 2.24) is 9.88 Å². The van der Waals surface area contributed by atoms with Crippen molar-refractivity contribution >= 4 is 52.1 Å². The summed E-state index contributed by atoms with van der Waals surface area (Å²) in [6.45, 7) is 7.32. The molecule has 1 aliphatic rings. The van der Waals surface area contributed by atoms with Gasteiger partial charge in [0.1, 0.15) is 12.0 Å². The van der Waals surface area contributed by atoms with Crippen molar-refractivity contribution in [3.05, 3.63) is 110 Å². The van der Waals surface area contributed by atoms with E-state index >= 15 is 0 Å². The van der Waals surface area contributed by atoms with Gasteiger partial charge < -0.3 is 25.5 Å². The first-order valence-electron chi connectivity index (χ1n) is 12.1. The fourth-order valence-electron chi connectivity index (χ4n) is 5.16. The molecule has 4 aromatic rings. The number of nitrogens with one attached hydrogen (secondary N) is 1. The number of aromatic nitrogens is 1. The number of aldehydes is 1. The molecule has 0 bridgehead atoms. The molecule has 0 aliphatic carbocycles. The molecule has 3 aromatic carbocycles. The third-order valence-corrected chi connectivity index (χ3v) is 7.82. The maximum atomic E-state index is 14.3. The van der Waals surface area contributed by atoms with Gasteiger partial charge in [0.25, 0.3) is 5.91 Å². The highest BCUT2D eigenvalue weighted by Crippen LogP contribution is 2.43. The number of amides is 1. The van der Waals surface area contributed by atoms with Crippen LogP contribution in [0, 0.1) is 13.8 Å². The van der Waals surface area contributed by atoms with Crippen LogP contribution < -0.4 is 5.73 Å². The van der Waals surface area contributed by atoms with E-state index in [1.54, 1.807) is 24.0 Å². The Labute approximate surface area is 231 Å². The molecule has 0 radical (unpaired) electrons. The topological polar surface area (TPSA) is 99.4 Å². The zero-order valence-corrected chi connectivity index (χ0v) is 22.9. The van der Waals surface area contributed by atoms with E-state index in [1.165, 1.54) is 13.1 Å². The first kappa shape index (κ1) is 27.5. The zero-order valence-electron chi connectivity index (χ0n) is 21.4. The number of carbonyl (C=O) groups excluding carboxylic acids is 2. The maximum absolute atomic E-state index is 14.3. The number of benzene rings is 3. The minimum absolute atomic E-state index is 0.175. The summed E-state index contributed by atoms with van der Waals surface area (Å²) in [4.78, 5) is 31.9. The number of halogens is 2. The molecule has 2 atom stereocenters. The fraction of sp³-hybridized carbons (Fsp3) is 0.200. The van der Waals surface area contributed by atoms with Crippen LogP contribution in [0.15, 0.2) is 61.2 Å². The lowest BCUT2D eigenvalue weighted by Gasteiger charge is -2.41. The normalized spacial score (nSPS) is 16.4. The van der Waals surface area contributed by atoms with Crippen LogP contribution in [0.2, 0.25) is 10.0 Å². The number of para-hydroxylation sites is 1. The van der Waals surface area contributed by atoms with E-state index < -0.39 is 18.0 Å². The lowest BCUT2D eigenvalue weighted by atomic mass is 9.86. The van der Waals surface area contributed by atoms with Crippen LogP contribution in [0.3, 0.4) is 0 Å². The van der Waals surface area contributed by atoms with Gasteiger partial charge >= 0.3 is 0 Å². The second-order valence-corrected chi connectivity index (χ2v) is 9.95. The van der Waals surface area contributed by atoms with Gasteiger partial charge in [-0.05, 0) is 67.4 Å². The van der Waals surface area contributed by atoms with Gasteiger partial charge in [0.2, 0.25) is 0 Å². The average Bonchev–Trinajstić information content (AvgIpc) is 3.29. The third kappa shape index (κ3) is 4.60. The van der Waals surface area contributed by atoms with E-state index in [9.17, 15) is 14.7 Å². The lowest BCUT2D eigenvalue weighted by molar-refractivity contribution is -0.112. The Hall–Kier alpha value is -3.58. The number of aromatic amines is 1. The summed E-state index contributed by atoms with van der Waals surface area (Å²) in [5, 5.41) is 12.3. The molecule has 5 rings (SSSR count). The number of H-pyrrole nitrogens is 1. The van der Waals surface area contributed by atoms with Crippen LogP contribution in [-0.2, 0) is 11.2 Å². The number of carbonyl (C=O) groups is 2. The third-order valence-electron chi connectivity index (χ3n) is 7.00. The molecule has 0 spiro atoms. The molecule has 196 valence electrons. The van der Waals surface area contributed by atoms with Crippen molar-refractivity contribution < 1.29 is 14.7 Å². The molecule has 1 aromatic heterocycles. The van der Waals surface area contributed by atoms with Crippen molar-refractivity contribution in [2.45, 2.75) is 32.4 Å². The summed E-state index contributed by atoms with van der Waals surface area (Å²) in [7, 11) is 1.50. The molecule has 0 saturated carbocycles. The van der Waals surface area contributed by atoms with E-state index in [0.29, 0.717) is 22.0 Å². The first-order valence-corrected chi connectivity index (χ1v) is 12.9. The van der Waals surface area contributed by atoms with E-state index in [2.05, 4.69) is 17.3 Å². The van der Waals surface area contributed by atoms with Gasteiger partial charge in [0.05, 0.1) is 17.6 Å². The van der Waals surface area contributed by atoms with Crippen LogP contribution in [0.25, 0.3) is 16.7 Å². The molecule has 1 amide bonds. The van der Waals surface area contributed by atoms with Gasteiger partial charge in [-0.15, -0.1) is 0 Å². The zero-order chi connectivity index (χ0) is 27.7. The monoisotopic (exact) mass is 549 g/mol.